The van der Waals surface area contributed by atoms with E-state index in [1.165, 1.54) is 16.6 Å². The number of nitrogens with two attached hydrogens (primary N) is 1. The first kappa shape index (κ1) is 8.34. The van der Waals surface area contributed by atoms with Gasteiger partial charge in [-0.25, -0.2) is 0 Å². The second-order valence-electron chi connectivity index (χ2n) is 3.09. The predicted octanol–water partition coefficient (Wildman–Crippen LogP) is 1.09. The molecule has 0 amide bonds. The van der Waals surface area contributed by atoms with Gasteiger partial charge in [-0.15, -0.1) is 0 Å². The molecule has 0 saturated heterocycles. The Kier molecular flexibility index (Phi) is 2.35. The van der Waals surface area contributed by atoms with Crippen LogP contribution in [-0.2, 0) is 0 Å². The summed E-state index contributed by atoms with van der Waals surface area (Å²) in [5, 5.41) is 0. The number of rotatable bonds is 1. The van der Waals surface area contributed by atoms with Crippen LogP contribution in [0.5, 0.6) is 0 Å². The highest BCUT2D eigenvalue weighted by molar-refractivity contribution is 6.69. The molecule has 11 heavy (non-hydrogen) atoms. The van der Waals surface area contributed by atoms with Gasteiger partial charge in [0.2, 0.25) is 6.85 Å². The third kappa shape index (κ3) is 1.63. The molecule has 58 valence electrons. The largest absolute Gasteiger partial charge is 0.366 e. The minimum Gasteiger partial charge on any atom is -0.366 e. The predicted molar refractivity (Wildman–Crippen MR) is 51.4 cm³/mol. The van der Waals surface area contributed by atoms with Gasteiger partial charge in [-0.05, 0) is 13.8 Å². The van der Waals surface area contributed by atoms with Crippen LogP contribution in [-0.4, -0.2) is 6.85 Å². The lowest BCUT2D eigenvalue weighted by molar-refractivity contribution is 1.42. The molecule has 1 rings (SSSR count). The molecular weight excluding hydrogens is 133 g/mol. The highest BCUT2D eigenvalue weighted by atomic mass is 14.4. The van der Waals surface area contributed by atoms with Gasteiger partial charge in [-0.1, -0.05) is 41.6 Å². The molecule has 0 atom stereocenters. The van der Waals surface area contributed by atoms with Crippen molar-refractivity contribution in [1.29, 1.82) is 0 Å². The number of hydrogen-bond acceptors (Lipinski definition) is 1. The number of benzene rings is 1. The van der Waals surface area contributed by atoms with Gasteiger partial charge in [0.25, 0.3) is 0 Å². The molecule has 0 aliphatic heterocycles. The van der Waals surface area contributed by atoms with Crippen LogP contribution in [0.1, 0.15) is 11.1 Å². The molecule has 0 saturated carbocycles. The highest BCUT2D eigenvalue weighted by Gasteiger charge is 2.09. The zero-order valence-electron chi connectivity index (χ0n) is 7.39. The van der Waals surface area contributed by atoms with Crippen molar-refractivity contribution in [2.45, 2.75) is 20.7 Å². The molecular formula is C9H14BN. The molecule has 2 heteroatoms. The third-order valence-electron chi connectivity index (χ3n) is 2.00. The number of aryl methyl sites for hydroxylation is 2. The van der Waals surface area contributed by atoms with Crippen molar-refractivity contribution in [2.75, 3.05) is 0 Å². The minimum absolute atomic E-state index is 0.149. The Morgan fingerprint density at radius 3 is 1.91 bits per heavy atom. The zero-order chi connectivity index (χ0) is 8.43. The highest BCUT2D eigenvalue weighted by Crippen LogP contribution is 1.99. The lowest BCUT2D eigenvalue weighted by Crippen LogP contribution is -2.39. The van der Waals surface area contributed by atoms with E-state index in [0.29, 0.717) is 0 Å². The maximum absolute atomic E-state index is 5.82. The van der Waals surface area contributed by atoms with Crippen molar-refractivity contribution in [1.82, 2.24) is 0 Å². The number of hydrogen-bond donors (Lipinski definition) is 1. The maximum Gasteiger partial charge on any atom is 0.249 e. The fourth-order valence-corrected chi connectivity index (χ4v) is 1.55. The first-order chi connectivity index (χ1) is 5.13. The first-order valence-electron chi connectivity index (χ1n) is 3.94. The van der Waals surface area contributed by atoms with Crippen molar-refractivity contribution in [3.63, 3.8) is 0 Å². The van der Waals surface area contributed by atoms with Crippen LogP contribution in [0.25, 0.3) is 0 Å². The maximum atomic E-state index is 5.82. The molecule has 2 N–H and O–H groups in total. The Labute approximate surface area is 68.7 Å². The molecule has 0 radical (unpaired) electrons. The van der Waals surface area contributed by atoms with Gasteiger partial charge in [0.05, 0.1) is 0 Å². The molecule has 0 heterocycles. The van der Waals surface area contributed by atoms with Gasteiger partial charge in [-0.2, -0.15) is 0 Å². The van der Waals surface area contributed by atoms with E-state index in [-0.39, 0.29) is 6.85 Å². The Morgan fingerprint density at radius 2 is 1.64 bits per heavy atom. The SMILES string of the molecule is CB(N)c1c(C)cccc1C. The van der Waals surface area contributed by atoms with Crippen LogP contribution in [0.2, 0.25) is 6.82 Å². The van der Waals surface area contributed by atoms with E-state index in [2.05, 4.69) is 32.0 Å². The summed E-state index contributed by atoms with van der Waals surface area (Å²) in [4.78, 5) is 0. The van der Waals surface area contributed by atoms with Gasteiger partial charge in [0.15, 0.2) is 0 Å². The molecule has 0 bridgehead atoms. The Bertz CT molecular complexity index is 235. The van der Waals surface area contributed by atoms with Crippen LogP contribution in [0, 0.1) is 13.8 Å². The molecule has 0 spiro atoms. The standard InChI is InChI=1S/C9H14BN/c1-7-5-4-6-8(2)9(7)10(3)11/h4-6H,11H2,1-3H3. The molecule has 1 nitrogen and oxygen atoms in total. The smallest absolute Gasteiger partial charge is 0.249 e. The van der Waals surface area contributed by atoms with Gasteiger partial charge < -0.3 is 5.64 Å². The molecule has 0 unspecified atom stereocenters. The topological polar surface area (TPSA) is 26.0 Å². The molecule has 0 aromatic heterocycles. The van der Waals surface area contributed by atoms with E-state index >= 15 is 0 Å². The lowest BCUT2D eigenvalue weighted by atomic mass is 9.57. The summed E-state index contributed by atoms with van der Waals surface area (Å²) < 4.78 is 0. The van der Waals surface area contributed by atoms with Crippen LogP contribution in [0.3, 0.4) is 0 Å². The van der Waals surface area contributed by atoms with E-state index in [9.17, 15) is 0 Å². The summed E-state index contributed by atoms with van der Waals surface area (Å²) in [6, 6.07) is 6.27. The zero-order valence-corrected chi connectivity index (χ0v) is 7.39. The van der Waals surface area contributed by atoms with Crippen molar-refractivity contribution in [2.24, 2.45) is 5.64 Å². The summed E-state index contributed by atoms with van der Waals surface area (Å²) in [5.74, 6) is 0. The fraction of sp³-hybridized carbons (Fsp3) is 0.333. The van der Waals surface area contributed by atoms with Crippen LogP contribution >= 0.6 is 0 Å². The van der Waals surface area contributed by atoms with Crippen LogP contribution < -0.4 is 11.1 Å². The monoisotopic (exact) mass is 147 g/mol. The molecule has 0 aliphatic carbocycles. The quantitative estimate of drug-likeness (QED) is 0.591. The average Bonchev–Trinajstić information content (AvgIpc) is 1.85. The van der Waals surface area contributed by atoms with Gasteiger partial charge in [-0.3, -0.25) is 0 Å². The van der Waals surface area contributed by atoms with Gasteiger partial charge in [0, 0.05) is 0 Å². The van der Waals surface area contributed by atoms with E-state index in [0.717, 1.165) is 0 Å². The van der Waals surface area contributed by atoms with Gasteiger partial charge in [0.1, 0.15) is 0 Å². The molecule has 1 aromatic rings. The van der Waals surface area contributed by atoms with Crippen molar-refractivity contribution in [3.8, 4) is 0 Å². The van der Waals surface area contributed by atoms with Gasteiger partial charge >= 0.3 is 0 Å². The van der Waals surface area contributed by atoms with Crippen molar-refractivity contribution in [3.05, 3.63) is 29.3 Å². The Hall–Kier alpha value is -0.755. The summed E-state index contributed by atoms with van der Waals surface area (Å²) in [6.07, 6.45) is 0. The average molecular weight is 147 g/mol. The summed E-state index contributed by atoms with van der Waals surface area (Å²) in [7, 11) is 0. The second-order valence-corrected chi connectivity index (χ2v) is 3.09. The van der Waals surface area contributed by atoms with E-state index < -0.39 is 0 Å². The fourth-order valence-electron chi connectivity index (χ4n) is 1.55. The summed E-state index contributed by atoms with van der Waals surface area (Å²) in [5.41, 5.74) is 9.68. The molecule has 0 fully saturated rings. The van der Waals surface area contributed by atoms with E-state index in [4.69, 9.17) is 5.64 Å². The Balaban J connectivity index is 3.21. The summed E-state index contributed by atoms with van der Waals surface area (Å²) >= 11 is 0. The van der Waals surface area contributed by atoms with E-state index in [1.807, 2.05) is 6.82 Å². The molecule has 0 aliphatic rings. The lowest BCUT2D eigenvalue weighted by Gasteiger charge is -2.09. The van der Waals surface area contributed by atoms with Crippen LogP contribution in [0.4, 0.5) is 0 Å². The second kappa shape index (κ2) is 3.10. The summed E-state index contributed by atoms with van der Waals surface area (Å²) in [6.45, 7) is 6.38. The Morgan fingerprint density at radius 1 is 1.18 bits per heavy atom. The van der Waals surface area contributed by atoms with E-state index in [1.54, 1.807) is 0 Å². The molecule has 1 aromatic carbocycles. The third-order valence-corrected chi connectivity index (χ3v) is 2.00. The normalized spacial score (nSPS) is 9.82. The first-order valence-corrected chi connectivity index (χ1v) is 3.94. The van der Waals surface area contributed by atoms with Crippen molar-refractivity contribution >= 4 is 12.3 Å². The van der Waals surface area contributed by atoms with Crippen molar-refractivity contribution < 1.29 is 0 Å². The minimum atomic E-state index is 0.149. The van der Waals surface area contributed by atoms with Crippen LogP contribution in [0.15, 0.2) is 18.2 Å².